The average Bonchev–Trinajstić information content (AvgIpc) is 2.94. The number of hydrogen-bond donors (Lipinski definition) is 2. The molecule has 6 heteroatoms. The van der Waals surface area contributed by atoms with Crippen molar-refractivity contribution in [1.82, 2.24) is 5.32 Å². The smallest absolute Gasteiger partial charge is 0.319 e. The maximum atomic E-state index is 13.1. The van der Waals surface area contributed by atoms with Gasteiger partial charge < -0.3 is 20.1 Å². The zero-order valence-electron chi connectivity index (χ0n) is 11.6. The first-order valence-corrected chi connectivity index (χ1v) is 6.63. The Kier molecular flexibility index (Phi) is 4.79. The van der Waals surface area contributed by atoms with Crippen LogP contribution < -0.4 is 15.4 Å². The van der Waals surface area contributed by atoms with E-state index in [9.17, 15) is 9.18 Å². The molecule has 0 radical (unpaired) electrons. The Balaban J connectivity index is 1.93. The zero-order chi connectivity index (χ0) is 14.5. The normalized spacial score (nSPS) is 19.4. The van der Waals surface area contributed by atoms with Gasteiger partial charge in [-0.15, -0.1) is 0 Å². The van der Waals surface area contributed by atoms with Crippen molar-refractivity contribution < 1.29 is 18.7 Å². The van der Waals surface area contributed by atoms with E-state index in [0.717, 1.165) is 19.4 Å². The van der Waals surface area contributed by atoms with Crippen LogP contribution in [0.4, 0.5) is 14.9 Å². The van der Waals surface area contributed by atoms with Crippen LogP contribution in [0.2, 0.25) is 0 Å². The number of ether oxygens (including phenoxy) is 2. The Bertz CT molecular complexity index is 475. The standard InChI is InChI=1S/C14H19FN2O3/c1-9(12-4-3-7-20-12)16-14(18)17-11-6-5-10(15)8-13(11)19-2/h5-6,8-9,12H,3-4,7H2,1-2H3,(H2,16,17,18). The second-order valence-electron chi connectivity index (χ2n) is 4.78. The van der Waals surface area contributed by atoms with Crippen LogP contribution >= 0.6 is 0 Å². The van der Waals surface area contributed by atoms with Crippen molar-refractivity contribution in [3.63, 3.8) is 0 Å². The number of carbonyl (C=O) groups excluding carboxylic acids is 1. The third-order valence-electron chi connectivity index (χ3n) is 3.29. The molecule has 0 aliphatic carbocycles. The molecular formula is C14H19FN2O3. The van der Waals surface area contributed by atoms with Crippen molar-refractivity contribution in [3.05, 3.63) is 24.0 Å². The van der Waals surface area contributed by atoms with Gasteiger partial charge in [-0.25, -0.2) is 9.18 Å². The van der Waals surface area contributed by atoms with Gasteiger partial charge in [0, 0.05) is 12.7 Å². The molecule has 2 atom stereocenters. The van der Waals surface area contributed by atoms with E-state index in [1.807, 2.05) is 6.92 Å². The maximum Gasteiger partial charge on any atom is 0.319 e. The lowest BCUT2D eigenvalue weighted by atomic mass is 10.1. The molecule has 2 rings (SSSR count). The number of methoxy groups -OCH3 is 1. The van der Waals surface area contributed by atoms with E-state index in [1.54, 1.807) is 0 Å². The lowest BCUT2D eigenvalue weighted by Crippen LogP contribution is -2.43. The summed E-state index contributed by atoms with van der Waals surface area (Å²) in [6.07, 6.45) is 2.02. The Hall–Kier alpha value is -1.82. The summed E-state index contributed by atoms with van der Waals surface area (Å²) < 4.78 is 23.6. The molecule has 1 aromatic rings. The summed E-state index contributed by atoms with van der Waals surface area (Å²) in [5.41, 5.74) is 0.422. The zero-order valence-corrected chi connectivity index (χ0v) is 11.6. The number of rotatable bonds is 4. The number of anilines is 1. The van der Waals surface area contributed by atoms with Gasteiger partial charge in [-0.2, -0.15) is 0 Å². The minimum Gasteiger partial charge on any atom is -0.494 e. The summed E-state index contributed by atoms with van der Waals surface area (Å²) in [7, 11) is 1.42. The third kappa shape index (κ3) is 3.60. The van der Waals surface area contributed by atoms with Crippen LogP contribution in [0.15, 0.2) is 18.2 Å². The fraction of sp³-hybridized carbons (Fsp3) is 0.500. The van der Waals surface area contributed by atoms with Crippen LogP contribution in [0.3, 0.4) is 0 Å². The molecule has 1 aromatic carbocycles. The fourth-order valence-electron chi connectivity index (χ4n) is 2.22. The summed E-state index contributed by atoms with van der Waals surface area (Å²) in [5, 5.41) is 5.46. The van der Waals surface area contributed by atoms with Crippen LogP contribution in [-0.2, 0) is 4.74 Å². The van der Waals surface area contributed by atoms with Crippen LogP contribution in [0.1, 0.15) is 19.8 Å². The Labute approximate surface area is 117 Å². The van der Waals surface area contributed by atoms with Crippen LogP contribution in [-0.4, -0.2) is 31.9 Å². The molecule has 110 valence electrons. The van der Waals surface area contributed by atoms with Crippen molar-refractivity contribution >= 4 is 11.7 Å². The van der Waals surface area contributed by atoms with Gasteiger partial charge in [0.15, 0.2) is 0 Å². The molecule has 1 fully saturated rings. The summed E-state index contributed by atoms with van der Waals surface area (Å²) in [4.78, 5) is 11.9. The Morgan fingerprint density at radius 1 is 1.55 bits per heavy atom. The number of hydrogen-bond acceptors (Lipinski definition) is 3. The molecule has 1 aliphatic rings. The summed E-state index contributed by atoms with van der Waals surface area (Å²) in [5.74, 6) is -0.134. The first kappa shape index (κ1) is 14.6. The van der Waals surface area contributed by atoms with Crippen LogP contribution in [0.25, 0.3) is 0 Å². The van der Waals surface area contributed by atoms with E-state index in [4.69, 9.17) is 9.47 Å². The van der Waals surface area contributed by atoms with Gasteiger partial charge in [-0.1, -0.05) is 0 Å². The SMILES string of the molecule is COc1cc(F)ccc1NC(=O)NC(C)C1CCCO1. The number of amides is 2. The van der Waals surface area contributed by atoms with Crippen molar-refractivity contribution in [1.29, 1.82) is 0 Å². The largest absolute Gasteiger partial charge is 0.494 e. The van der Waals surface area contributed by atoms with E-state index in [-0.39, 0.29) is 23.9 Å². The van der Waals surface area contributed by atoms with Gasteiger partial charge in [-0.3, -0.25) is 0 Å². The van der Waals surface area contributed by atoms with Crippen molar-refractivity contribution in [3.8, 4) is 5.75 Å². The molecule has 2 amide bonds. The van der Waals surface area contributed by atoms with Gasteiger partial charge in [0.05, 0.1) is 24.9 Å². The highest BCUT2D eigenvalue weighted by Crippen LogP contribution is 2.24. The Morgan fingerprint density at radius 3 is 3.00 bits per heavy atom. The highest BCUT2D eigenvalue weighted by molar-refractivity contribution is 5.91. The number of halogens is 1. The number of carbonyl (C=O) groups is 1. The first-order valence-electron chi connectivity index (χ1n) is 6.63. The molecule has 0 bridgehead atoms. The lowest BCUT2D eigenvalue weighted by Gasteiger charge is -2.20. The highest BCUT2D eigenvalue weighted by Gasteiger charge is 2.23. The third-order valence-corrected chi connectivity index (χ3v) is 3.29. The topological polar surface area (TPSA) is 59.6 Å². The lowest BCUT2D eigenvalue weighted by molar-refractivity contribution is 0.0868. The fourth-order valence-corrected chi connectivity index (χ4v) is 2.22. The second kappa shape index (κ2) is 6.56. The molecule has 0 saturated carbocycles. The molecule has 2 unspecified atom stereocenters. The van der Waals surface area contributed by atoms with Crippen molar-refractivity contribution in [2.24, 2.45) is 0 Å². The Morgan fingerprint density at radius 2 is 2.35 bits per heavy atom. The van der Waals surface area contributed by atoms with E-state index >= 15 is 0 Å². The molecule has 2 N–H and O–H groups in total. The number of nitrogens with one attached hydrogen (secondary N) is 2. The van der Waals surface area contributed by atoms with E-state index in [2.05, 4.69) is 10.6 Å². The quantitative estimate of drug-likeness (QED) is 0.892. The van der Waals surface area contributed by atoms with Crippen molar-refractivity contribution in [2.45, 2.75) is 31.9 Å². The van der Waals surface area contributed by atoms with Gasteiger partial charge in [0.25, 0.3) is 0 Å². The van der Waals surface area contributed by atoms with E-state index in [1.165, 1.54) is 25.3 Å². The number of urea groups is 1. The molecular weight excluding hydrogens is 263 g/mol. The summed E-state index contributed by atoms with van der Waals surface area (Å²) >= 11 is 0. The second-order valence-corrected chi connectivity index (χ2v) is 4.78. The maximum absolute atomic E-state index is 13.1. The molecule has 20 heavy (non-hydrogen) atoms. The van der Waals surface area contributed by atoms with Crippen LogP contribution in [0, 0.1) is 5.82 Å². The average molecular weight is 282 g/mol. The van der Waals surface area contributed by atoms with Gasteiger partial charge in [-0.05, 0) is 31.9 Å². The molecule has 5 nitrogen and oxygen atoms in total. The van der Waals surface area contributed by atoms with Gasteiger partial charge >= 0.3 is 6.03 Å². The predicted molar refractivity (Wildman–Crippen MR) is 73.5 cm³/mol. The summed E-state index contributed by atoms with van der Waals surface area (Å²) in [6, 6.07) is 3.51. The van der Waals surface area contributed by atoms with Gasteiger partial charge in [0.2, 0.25) is 0 Å². The van der Waals surface area contributed by atoms with E-state index in [0.29, 0.717) is 5.69 Å². The number of benzene rings is 1. The molecule has 1 heterocycles. The van der Waals surface area contributed by atoms with Crippen LogP contribution in [0.5, 0.6) is 5.75 Å². The highest BCUT2D eigenvalue weighted by atomic mass is 19.1. The minimum atomic E-state index is -0.416. The molecule has 1 saturated heterocycles. The minimum absolute atomic E-state index is 0.0517. The molecule has 0 aromatic heterocycles. The molecule has 1 aliphatic heterocycles. The predicted octanol–water partition coefficient (Wildman–Crippen LogP) is 2.52. The monoisotopic (exact) mass is 282 g/mol. The van der Waals surface area contributed by atoms with Crippen molar-refractivity contribution in [2.75, 3.05) is 19.0 Å². The summed E-state index contributed by atoms with van der Waals surface area (Å²) in [6.45, 7) is 2.64. The van der Waals surface area contributed by atoms with E-state index < -0.39 is 5.82 Å². The molecule has 0 spiro atoms. The van der Waals surface area contributed by atoms with Gasteiger partial charge in [0.1, 0.15) is 11.6 Å². The first-order chi connectivity index (χ1) is 9.60.